The van der Waals surface area contributed by atoms with Gasteiger partial charge < -0.3 is 25.6 Å². The van der Waals surface area contributed by atoms with E-state index in [1.54, 1.807) is 35.4 Å². The van der Waals surface area contributed by atoms with Gasteiger partial charge in [-0.3, -0.25) is 9.36 Å². The fourth-order valence-electron chi connectivity index (χ4n) is 4.49. The number of likely N-dealkylation sites (N-methyl/N-ethyl adjacent to an activating group) is 1. The minimum absolute atomic E-state index is 0. The van der Waals surface area contributed by atoms with Gasteiger partial charge in [-0.25, -0.2) is 14.8 Å². The first kappa shape index (κ1) is 27.7. The van der Waals surface area contributed by atoms with Gasteiger partial charge in [0.2, 0.25) is 5.91 Å². The Morgan fingerprint density at radius 1 is 1.27 bits per heavy atom. The molecule has 1 aliphatic heterocycles. The molecule has 0 spiro atoms. The molecule has 3 aromatic rings. The van der Waals surface area contributed by atoms with Crippen LogP contribution in [0.5, 0.6) is 5.75 Å². The van der Waals surface area contributed by atoms with E-state index in [1.807, 2.05) is 24.1 Å². The van der Waals surface area contributed by atoms with Crippen molar-refractivity contribution in [3.05, 3.63) is 42.9 Å². The van der Waals surface area contributed by atoms with Crippen molar-refractivity contribution in [3.63, 3.8) is 0 Å². The zero-order valence-electron chi connectivity index (χ0n) is 20.8. The highest BCUT2D eigenvalue weighted by Crippen LogP contribution is 2.30. The van der Waals surface area contributed by atoms with Gasteiger partial charge in [0, 0.05) is 38.6 Å². The van der Waals surface area contributed by atoms with E-state index >= 15 is 0 Å². The maximum Gasteiger partial charge on any atom is 0.331 e. The molecule has 1 saturated heterocycles. The summed E-state index contributed by atoms with van der Waals surface area (Å²) in [6.45, 7) is 4.15. The summed E-state index contributed by atoms with van der Waals surface area (Å²) in [5, 5.41) is 12.5. The van der Waals surface area contributed by atoms with E-state index < -0.39 is 0 Å². The van der Waals surface area contributed by atoms with Crippen LogP contribution in [0.2, 0.25) is 0 Å². The van der Waals surface area contributed by atoms with Gasteiger partial charge in [-0.15, -0.1) is 12.4 Å². The summed E-state index contributed by atoms with van der Waals surface area (Å²) in [5.41, 5.74) is 6.55. The number of nitrogens with one attached hydrogen (secondary N) is 1. The highest BCUT2D eigenvalue weighted by Gasteiger charge is 2.32. The van der Waals surface area contributed by atoms with Crippen molar-refractivity contribution >= 4 is 46.9 Å². The monoisotopic (exact) mass is 526 g/mol. The normalized spacial score (nSPS) is 17.0. The second-order valence-electron chi connectivity index (χ2n) is 8.83. The van der Waals surface area contributed by atoms with E-state index in [9.17, 15) is 9.59 Å². The van der Waals surface area contributed by atoms with Gasteiger partial charge >= 0.3 is 6.03 Å². The third-order valence-corrected chi connectivity index (χ3v) is 6.50. The number of hydrogen-bond acceptors (Lipinski definition) is 8. The number of anilines is 2. The lowest BCUT2D eigenvalue weighted by Crippen LogP contribution is -2.52. The van der Waals surface area contributed by atoms with Gasteiger partial charge in [0.1, 0.15) is 30.9 Å². The van der Waals surface area contributed by atoms with Crippen LogP contribution in [0.1, 0.15) is 19.8 Å². The van der Waals surface area contributed by atoms with E-state index in [0.717, 1.165) is 11.8 Å². The number of aromatic nitrogens is 3. The molecular formula is C25H31ClN8O3. The number of carbonyl (C=O) groups is 2. The van der Waals surface area contributed by atoms with Crippen LogP contribution in [0, 0.1) is 17.2 Å². The first-order chi connectivity index (χ1) is 17.4. The molecule has 1 aliphatic rings. The summed E-state index contributed by atoms with van der Waals surface area (Å²) in [6, 6.07) is 10.5. The summed E-state index contributed by atoms with van der Waals surface area (Å²) in [7, 11) is 1.94. The molecule has 1 fully saturated rings. The summed E-state index contributed by atoms with van der Waals surface area (Å²) in [6.07, 6.45) is 3.81. The molecule has 0 aliphatic carbocycles. The Morgan fingerprint density at radius 2 is 2.03 bits per heavy atom. The number of halogens is 1. The van der Waals surface area contributed by atoms with Gasteiger partial charge in [0.25, 0.3) is 0 Å². The Labute approximate surface area is 221 Å². The first-order valence-electron chi connectivity index (χ1n) is 11.9. The summed E-state index contributed by atoms with van der Waals surface area (Å²) in [5.74, 6) is 1.51. The molecule has 0 radical (unpaired) electrons. The Balaban J connectivity index is 0.00000380. The number of nitriles is 1. The number of amides is 2. The maximum atomic E-state index is 13.0. The fourth-order valence-corrected chi connectivity index (χ4v) is 4.49. The number of carbonyl (C=O) groups excluding carboxylic acids is 2. The number of ether oxygens (including phenoxy) is 1. The molecule has 0 saturated carbocycles. The van der Waals surface area contributed by atoms with E-state index in [-0.39, 0.29) is 36.8 Å². The van der Waals surface area contributed by atoms with E-state index in [0.29, 0.717) is 55.1 Å². The topological polar surface area (TPSA) is 142 Å². The van der Waals surface area contributed by atoms with Crippen LogP contribution in [0.15, 0.2) is 42.9 Å². The highest BCUT2D eigenvalue weighted by atomic mass is 35.5. The third kappa shape index (κ3) is 6.10. The molecule has 12 heteroatoms. The standard InChI is InChI=1S/C25H30N8O3.ClH/c1-17-8-12-32(22(34)7-10-26)15-21(17)31(2)23-20-9-13-33(24(20)29-16-28-23)25(35)30-18-3-5-19(6-4-18)36-14-11-27;/h3-6,9,13,16-17,21H,7-8,11-12,14-15,27H2,1-2H3,(H,30,35);1H/t17-,21+;/m1./s1. The molecule has 196 valence electrons. The molecule has 3 heterocycles. The van der Waals surface area contributed by atoms with Crippen molar-refractivity contribution in [3.8, 4) is 11.8 Å². The van der Waals surface area contributed by atoms with Crippen molar-refractivity contribution in [2.45, 2.75) is 25.8 Å². The van der Waals surface area contributed by atoms with E-state index in [1.165, 1.54) is 10.9 Å². The van der Waals surface area contributed by atoms with Crippen molar-refractivity contribution in [2.24, 2.45) is 11.7 Å². The Kier molecular flexibility index (Phi) is 9.27. The number of nitrogens with two attached hydrogens (primary N) is 1. The summed E-state index contributed by atoms with van der Waals surface area (Å²) < 4.78 is 6.91. The molecule has 1 aromatic carbocycles. The molecule has 3 N–H and O–H groups in total. The first-order valence-corrected chi connectivity index (χ1v) is 11.9. The van der Waals surface area contributed by atoms with Crippen LogP contribution in [-0.2, 0) is 4.79 Å². The molecule has 2 atom stereocenters. The predicted octanol–water partition coefficient (Wildman–Crippen LogP) is 2.86. The molecule has 0 bridgehead atoms. The molecule has 4 rings (SSSR count). The molecule has 37 heavy (non-hydrogen) atoms. The lowest BCUT2D eigenvalue weighted by molar-refractivity contribution is -0.131. The van der Waals surface area contributed by atoms with Crippen molar-refractivity contribution < 1.29 is 14.3 Å². The minimum Gasteiger partial charge on any atom is -0.492 e. The zero-order valence-corrected chi connectivity index (χ0v) is 21.6. The van der Waals surface area contributed by atoms with Gasteiger partial charge in [0.05, 0.1) is 17.5 Å². The average molecular weight is 527 g/mol. The van der Waals surface area contributed by atoms with Crippen molar-refractivity contribution in [1.82, 2.24) is 19.4 Å². The van der Waals surface area contributed by atoms with Crippen LogP contribution in [-0.4, -0.2) is 70.7 Å². The number of rotatable bonds is 7. The SMILES string of the molecule is C[C@@H]1CCN(C(=O)CC#N)C[C@@H]1N(C)c1ncnc2c1ccn2C(=O)Nc1ccc(OCCN)cc1.Cl. The van der Waals surface area contributed by atoms with Gasteiger partial charge in [-0.1, -0.05) is 6.92 Å². The number of likely N-dealkylation sites (tertiary alicyclic amines) is 1. The van der Waals surface area contributed by atoms with Crippen molar-refractivity contribution in [2.75, 3.05) is 43.5 Å². The number of nitrogens with zero attached hydrogens (tertiary/aromatic N) is 6. The van der Waals surface area contributed by atoms with E-state index in [2.05, 4.69) is 22.2 Å². The Bertz CT molecular complexity index is 1270. The number of benzene rings is 1. The van der Waals surface area contributed by atoms with Crippen molar-refractivity contribution in [1.29, 1.82) is 5.26 Å². The molecule has 0 unspecified atom stereocenters. The minimum atomic E-state index is -0.354. The smallest absolute Gasteiger partial charge is 0.331 e. The molecule has 2 aromatic heterocycles. The van der Waals surface area contributed by atoms with Gasteiger partial charge in [-0.05, 0) is 42.7 Å². The van der Waals surface area contributed by atoms with E-state index in [4.69, 9.17) is 15.7 Å². The van der Waals surface area contributed by atoms with Crippen LogP contribution in [0.25, 0.3) is 11.0 Å². The molecule has 2 amide bonds. The number of fused-ring (bicyclic) bond motifs is 1. The third-order valence-electron chi connectivity index (χ3n) is 6.50. The molecular weight excluding hydrogens is 496 g/mol. The van der Waals surface area contributed by atoms with Crippen LogP contribution in [0.4, 0.5) is 16.3 Å². The Morgan fingerprint density at radius 3 is 2.73 bits per heavy atom. The van der Waals surface area contributed by atoms with Crippen LogP contribution in [0.3, 0.4) is 0 Å². The Hall–Kier alpha value is -3.88. The van der Waals surface area contributed by atoms with Gasteiger partial charge in [0.15, 0.2) is 5.65 Å². The summed E-state index contributed by atoms with van der Waals surface area (Å²) >= 11 is 0. The zero-order chi connectivity index (χ0) is 25.7. The summed E-state index contributed by atoms with van der Waals surface area (Å²) in [4.78, 5) is 38.0. The number of hydrogen-bond donors (Lipinski definition) is 2. The predicted molar refractivity (Wildman–Crippen MR) is 143 cm³/mol. The fraction of sp³-hybridized carbons (Fsp3) is 0.400. The highest BCUT2D eigenvalue weighted by molar-refractivity contribution is 5.99. The lowest BCUT2D eigenvalue weighted by atomic mass is 9.92. The largest absolute Gasteiger partial charge is 0.492 e. The second-order valence-corrected chi connectivity index (χ2v) is 8.83. The maximum absolute atomic E-state index is 13.0. The van der Waals surface area contributed by atoms with Crippen LogP contribution < -0.4 is 20.7 Å². The quantitative estimate of drug-likeness (QED) is 0.478. The van der Waals surface area contributed by atoms with Gasteiger partial charge in [-0.2, -0.15) is 5.26 Å². The molecule has 11 nitrogen and oxygen atoms in total. The van der Waals surface area contributed by atoms with Crippen LogP contribution >= 0.6 is 12.4 Å². The second kappa shape index (κ2) is 12.4. The average Bonchev–Trinajstić information content (AvgIpc) is 3.33. The number of piperidine rings is 1. The lowest BCUT2D eigenvalue weighted by Gasteiger charge is -2.42.